The van der Waals surface area contributed by atoms with Gasteiger partial charge in [-0.1, -0.05) is 12.1 Å². The molecule has 0 heterocycles. The Balaban J connectivity index is 2.60. The molecule has 0 saturated heterocycles. The van der Waals surface area contributed by atoms with Crippen LogP contribution >= 0.6 is 11.8 Å². The quantitative estimate of drug-likeness (QED) is 0.362. The van der Waals surface area contributed by atoms with Crippen LogP contribution in [-0.2, 0) is 14.3 Å². The predicted molar refractivity (Wildman–Crippen MR) is 68.6 cm³/mol. The van der Waals surface area contributed by atoms with E-state index in [1.54, 1.807) is 6.07 Å². The number of nitrogens with two attached hydrogens (primary N) is 1. The van der Waals surface area contributed by atoms with E-state index < -0.39 is 22.9 Å². The number of carbonyl (C=O) groups is 2. The first-order valence-electron chi connectivity index (χ1n) is 5.27. The largest absolute Gasteiger partial charge is 0.452 e. The molecule has 0 bridgehead atoms. The number of para-hydroxylation sites is 1. The van der Waals surface area contributed by atoms with Crippen molar-refractivity contribution in [2.45, 2.75) is 17.9 Å². The van der Waals surface area contributed by atoms with E-state index in [0.717, 1.165) is 11.8 Å². The monoisotopic (exact) mass is 284 g/mol. The lowest BCUT2D eigenvalue weighted by atomic mass is 10.3. The Kier molecular flexibility index (Phi) is 5.31. The Bertz CT molecular complexity index is 506. The van der Waals surface area contributed by atoms with Gasteiger partial charge >= 0.3 is 5.97 Å². The van der Waals surface area contributed by atoms with Crippen molar-refractivity contribution in [3.8, 4) is 0 Å². The maximum Gasteiger partial charge on any atom is 0.317 e. The summed E-state index contributed by atoms with van der Waals surface area (Å²) < 4.78 is 4.73. The number of thioether (sulfide) groups is 1. The predicted octanol–water partition coefficient (Wildman–Crippen LogP) is 1.10. The summed E-state index contributed by atoms with van der Waals surface area (Å²) in [5.74, 6) is -1.54. The molecule has 0 aromatic heterocycles. The van der Waals surface area contributed by atoms with Gasteiger partial charge in [0.15, 0.2) is 6.10 Å². The van der Waals surface area contributed by atoms with Gasteiger partial charge in [0.05, 0.1) is 15.6 Å². The maximum absolute atomic E-state index is 11.4. The van der Waals surface area contributed by atoms with Gasteiger partial charge in [-0.25, -0.2) is 0 Å². The molecule has 1 amide bonds. The van der Waals surface area contributed by atoms with Crippen LogP contribution in [0.2, 0.25) is 0 Å². The van der Waals surface area contributed by atoms with E-state index >= 15 is 0 Å². The molecule has 1 aromatic carbocycles. The first-order chi connectivity index (χ1) is 8.91. The molecule has 1 aromatic rings. The van der Waals surface area contributed by atoms with E-state index in [9.17, 15) is 19.7 Å². The van der Waals surface area contributed by atoms with Crippen molar-refractivity contribution >= 4 is 29.3 Å². The molecule has 19 heavy (non-hydrogen) atoms. The Hall–Kier alpha value is -2.09. The van der Waals surface area contributed by atoms with Gasteiger partial charge in [-0.15, -0.1) is 11.8 Å². The van der Waals surface area contributed by atoms with Gasteiger partial charge in [0.25, 0.3) is 11.6 Å². The van der Waals surface area contributed by atoms with E-state index in [4.69, 9.17) is 10.5 Å². The highest BCUT2D eigenvalue weighted by atomic mass is 32.2. The number of nitrogens with zero attached hydrogens (tertiary/aromatic N) is 1. The Morgan fingerprint density at radius 2 is 2.11 bits per heavy atom. The third kappa shape index (κ3) is 4.59. The number of esters is 1. The van der Waals surface area contributed by atoms with Crippen molar-refractivity contribution in [3.05, 3.63) is 34.4 Å². The van der Waals surface area contributed by atoms with E-state index in [1.807, 2.05) is 0 Å². The number of hydrogen-bond acceptors (Lipinski definition) is 6. The van der Waals surface area contributed by atoms with Gasteiger partial charge in [-0.2, -0.15) is 0 Å². The molecule has 0 unspecified atom stereocenters. The Morgan fingerprint density at radius 3 is 2.68 bits per heavy atom. The van der Waals surface area contributed by atoms with Gasteiger partial charge in [0.2, 0.25) is 0 Å². The van der Waals surface area contributed by atoms with Crippen LogP contribution in [0.15, 0.2) is 29.2 Å². The molecule has 0 aliphatic heterocycles. The van der Waals surface area contributed by atoms with Crippen LogP contribution in [-0.4, -0.2) is 28.7 Å². The number of carbonyl (C=O) groups excluding carboxylic acids is 2. The summed E-state index contributed by atoms with van der Waals surface area (Å²) in [6.45, 7) is 1.36. The average molecular weight is 284 g/mol. The summed E-state index contributed by atoms with van der Waals surface area (Å²) >= 11 is 0.969. The number of hydrogen-bond donors (Lipinski definition) is 1. The highest BCUT2D eigenvalue weighted by molar-refractivity contribution is 8.00. The third-order valence-electron chi connectivity index (χ3n) is 2.12. The fourth-order valence-corrected chi connectivity index (χ4v) is 1.96. The number of ether oxygens (including phenoxy) is 1. The molecule has 8 heteroatoms. The lowest BCUT2D eigenvalue weighted by molar-refractivity contribution is -0.387. The number of amides is 1. The molecule has 2 N–H and O–H groups in total. The van der Waals surface area contributed by atoms with Crippen molar-refractivity contribution in [2.24, 2.45) is 5.73 Å². The maximum atomic E-state index is 11.4. The van der Waals surface area contributed by atoms with Gasteiger partial charge in [0, 0.05) is 6.07 Å². The van der Waals surface area contributed by atoms with Crippen molar-refractivity contribution in [3.63, 3.8) is 0 Å². The number of benzene rings is 1. The highest BCUT2D eigenvalue weighted by Gasteiger charge is 2.17. The van der Waals surface area contributed by atoms with E-state index in [1.165, 1.54) is 25.1 Å². The number of primary amides is 1. The van der Waals surface area contributed by atoms with Gasteiger partial charge in [0.1, 0.15) is 0 Å². The molecular formula is C11H12N2O5S. The first-order valence-corrected chi connectivity index (χ1v) is 6.25. The van der Waals surface area contributed by atoms with Crippen LogP contribution in [0.5, 0.6) is 0 Å². The minimum absolute atomic E-state index is 0.0803. The molecular weight excluding hydrogens is 272 g/mol. The average Bonchev–Trinajstić information content (AvgIpc) is 2.36. The van der Waals surface area contributed by atoms with Crippen molar-refractivity contribution in [1.82, 2.24) is 0 Å². The van der Waals surface area contributed by atoms with Gasteiger partial charge in [-0.3, -0.25) is 19.7 Å². The van der Waals surface area contributed by atoms with Crippen LogP contribution in [0.1, 0.15) is 6.92 Å². The summed E-state index contributed by atoms with van der Waals surface area (Å²) in [6, 6.07) is 6.05. The molecule has 102 valence electrons. The van der Waals surface area contributed by atoms with Crippen molar-refractivity contribution in [2.75, 3.05) is 5.75 Å². The van der Waals surface area contributed by atoms with Crippen LogP contribution in [0.3, 0.4) is 0 Å². The molecule has 0 fully saturated rings. The molecule has 0 aliphatic rings. The lowest BCUT2D eigenvalue weighted by Gasteiger charge is -2.09. The van der Waals surface area contributed by atoms with Crippen LogP contribution in [0.4, 0.5) is 5.69 Å². The Labute approximate surface area is 113 Å². The minimum atomic E-state index is -1.01. The molecule has 0 spiro atoms. The summed E-state index contributed by atoms with van der Waals surface area (Å²) in [5, 5.41) is 10.7. The highest BCUT2D eigenvalue weighted by Crippen LogP contribution is 2.28. The standard InChI is InChI=1S/C11H12N2O5S/c1-7(11(12)15)18-10(14)6-19-9-5-3-2-4-8(9)13(16)17/h2-5,7H,6H2,1H3,(H2,12,15)/t7-/m1/s1. The zero-order chi connectivity index (χ0) is 14.4. The van der Waals surface area contributed by atoms with Gasteiger partial charge in [-0.05, 0) is 13.0 Å². The van der Waals surface area contributed by atoms with E-state index in [2.05, 4.69) is 0 Å². The van der Waals surface area contributed by atoms with E-state index in [0.29, 0.717) is 4.90 Å². The molecule has 1 rings (SSSR count). The first kappa shape index (κ1) is 15.0. The lowest BCUT2D eigenvalue weighted by Crippen LogP contribution is -2.31. The molecule has 0 aliphatic carbocycles. The topological polar surface area (TPSA) is 113 Å². The molecule has 1 atom stereocenters. The summed E-state index contributed by atoms with van der Waals surface area (Å²) in [6.07, 6.45) is -1.01. The SMILES string of the molecule is C[C@@H](OC(=O)CSc1ccccc1[N+](=O)[O-])C(N)=O. The number of rotatable bonds is 6. The molecule has 0 saturated carbocycles. The molecule has 0 radical (unpaired) electrons. The van der Waals surface area contributed by atoms with E-state index in [-0.39, 0.29) is 11.4 Å². The third-order valence-corrected chi connectivity index (χ3v) is 3.15. The van der Waals surface area contributed by atoms with Crippen LogP contribution in [0.25, 0.3) is 0 Å². The number of nitro groups is 1. The second kappa shape index (κ2) is 6.74. The Morgan fingerprint density at radius 1 is 1.47 bits per heavy atom. The summed E-state index contributed by atoms with van der Waals surface area (Å²) in [5.41, 5.74) is 4.86. The van der Waals surface area contributed by atoms with Crippen LogP contribution < -0.4 is 5.73 Å². The normalized spacial score (nSPS) is 11.6. The van der Waals surface area contributed by atoms with Crippen LogP contribution in [0, 0.1) is 10.1 Å². The summed E-state index contributed by atoms with van der Waals surface area (Å²) in [7, 11) is 0. The fourth-order valence-electron chi connectivity index (χ4n) is 1.16. The van der Waals surface area contributed by atoms with Gasteiger partial charge < -0.3 is 10.5 Å². The molecule has 7 nitrogen and oxygen atoms in total. The number of nitro benzene ring substituents is 1. The smallest absolute Gasteiger partial charge is 0.317 e. The fraction of sp³-hybridized carbons (Fsp3) is 0.273. The minimum Gasteiger partial charge on any atom is -0.452 e. The zero-order valence-corrected chi connectivity index (χ0v) is 10.9. The summed E-state index contributed by atoms with van der Waals surface area (Å²) in [4.78, 5) is 32.7. The van der Waals surface area contributed by atoms with Crippen molar-refractivity contribution in [1.29, 1.82) is 0 Å². The van der Waals surface area contributed by atoms with Crippen molar-refractivity contribution < 1.29 is 19.2 Å². The zero-order valence-electron chi connectivity index (χ0n) is 10.1. The second-order valence-electron chi connectivity index (χ2n) is 3.55. The second-order valence-corrected chi connectivity index (χ2v) is 4.57.